The van der Waals surface area contributed by atoms with Crippen molar-refractivity contribution >= 4 is 27.3 Å². The van der Waals surface area contributed by atoms with Crippen molar-refractivity contribution in [2.75, 3.05) is 5.73 Å². The number of hydrogen-bond donors (Lipinski definition) is 1. The molecule has 0 amide bonds. The molecule has 0 bridgehead atoms. The molecule has 1 aliphatic heterocycles. The average molecular weight is 323 g/mol. The Morgan fingerprint density at radius 1 is 1.14 bits per heavy atom. The lowest BCUT2D eigenvalue weighted by Crippen LogP contribution is -2.26. The number of rotatable bonds is 2. The fourth-order valence-electron chi connectivity index (χ4n) is 2.48. The molecule has 1 heterocycles. The maximum absolute atomic E-state index is 12.8. The van der Waals surface area contributed by atoms with E-state index in [0.717, 1.165) is 16.7 Å². The van der Waals surface area contributed by atoms with Gasteiger partial charge in [0.05, 0.1) is 5.02 Å². The third kappa shape index (κ3) is 2.41. The van der Waals surface area contributed by atoms with Gasteiger partial charge in [-0.1, -0.05) is 35.9 Å². The van der Waals surface area contributed by atoms with E-state index in [-0.39, 0.29) is 9.92 Å². The van der Waals surface area contributed by atoms with Crippen molar-refractivity contribution in [1.82, 2.24) is 4.31 Å². The summed E-state index contributed by atoms with van der Waals surface area (Å²) in [7, 11) is -3.65. The molecule has 110 valence electrons. The number of fused-ring (bicyclic) bond motifs is 1. The van der Waals surface area contributed by atoms with Gasteiger partial charge in [-0.15, -0.1) is 0 Å². The van der Waals surface area contributed by atoms with Crippen LogP contribution in [0, 0.1) is 6.92 Å². The molecule has 0 unspecified atom stereocenters. The van der Waals surface area contributed by atoms with Gasteiger partial charge in [-0.3, -0.25) is 0 Å². The van der Waals surface area contributed by atoms with Crippen molar-refractivity contribution in [1.29, 1.82) is 0 Å². The van der Waals surface area contributed by atoms with E-state index < -0.39 is 10.0 Å². The summed E-state index contributed by atoms with van der Waals surface area (Å²) in [5, 5.41) is 0.206. The van der Waals surface area contributed by atoms with E-state index in [9.17, 15) is 8.42 Å². The van der Waals surface area contributed by atoms with Crippen LogP contribution in [0.25, 0.3) is 0 Å². The molecule has 0 spiro atoms. The molecule has 0 saturated heterocycles. The van der Waals surface area contributed by atoms with Crippen LogP contribution in [0.4, 0.5) is 5.69 Å². The number of nitrogens with zero attached hydrogens (tertiary/aromatic N) is 1. The van der Waals surface area contributed by atoms with Crippen molar-refractivity contribution < 1.29 is 8.42 Å². The molecule has 0 aliphatic carbocycles. The molecule has 2 aromatic rings. The molecule has 2 aromatic carbocycles. The molecule has 3 rings (SSSR count). The zero-order valence-corrected chi connectivity index (χ0v) is 13.1. The largest absolute Gasteiger partial charge is 0.398 e. The Bertz CT molecular complexity index is 793. The second-order valence-electron chi connectivity index (χ2n) is 5.18. The molecule has 21 heavy (non-hydrogen) atoms. The van der Waals surface area contributed by atoms with E-state index in [1.165, 1.54) is 10.4 Å². The van der Waals surface area contributed by atoms with Gasteiger partial charge in [0.25, 0.3) is 0 Å². The van der Waals surface area contributed by atoms with Gasteiger partial charge >= 0.3 is 0 Å². The van der Waals surface area contributed by atoms with Crippen LogP contribution in [0.1, 0.15) is 16.7 Å². The van der Waals surface area contributed by atoms with E-state index in [2.05, 4.69) is 0 Å². The summed E-state index contributed by atoms with van der Waals surface area (Å²) in [5.74, 6) is 0. The number of benzene rings is 2. The third-order valence-corrected chi connectivity index (χ3v) is 6.01. The first-order valence-corrected chi connectivity index (χ1v) is 8.34. The summed E-state index contributed by atoms with van der Waals surface area (Å²) in [6, 6.07) is 10.7. The van der Waals surface area contributed by atoms with E-state index in [1.807, 2.05) is 24.3 Å². The van der Waals surface area contributed by atoms with Gasteiger partial charge in [0.2, 0.25) is 10.0 Å². The van der Waals surface area contributed by atoms with Gasteiger partial charge in [-0.25, -0.2) is 8.42 Å². The standard InChI is InChI=1S/C15H15ClN2O2S/c1-10-6-13(16)15(7-14(10)17)21(19,20)18-8-11-4-2-3-5-12(11)9-18/h2-7H,8-9,17H2,1H3. The second-order valence-corrected chi connectivity index (χ2v) is 7.49. The monoisotopic (exact) mass is 322 g/mol. The Morgan fingerprint density at radius 3 is 2.29 bits per heavy atom. The molecule has 0 radical (unpaired) electrons. The van der Waals surface area contributed by atoms with Crippen LogP contribution in [0.3, 0.4) is 0 Å². The van der Waals surface area contributed by atoms with Crippen LogP contribution < -0.4 is 5.73 Å². The van der Waals surface area contributed by atoms with Gasteiger partial charge in [0.15, 0.2) is 0 Å². The van der Waals surface area contributed by atoms with Crippen molar-refractivity contribution in [3.63, 3.8) is 0 Å². The molecule has 4 nitrogen and oxygen atoms in total. The number of halogens is 1. The number of anilines is 1. The number of aryl methyl sites for hydroxylation is 1. The van der Waals surface area contributed by atoms with E-state index in [4.69, 9.17) is 17.3 Å². The van der Waals surface area contributed by atoms with Crippen LogP contribution in [0.2, 0.25) is 5.02 Å². The Hall–Kier alpha value is -1.56. The Morgan fingerprint density at radius 2 is 1.71 bits per heavy atom. The van der Waals surface area contributed by atoms with Gasteiger partial charge in [0, 0.05) is 18.8 Å². The molecule has 2 N–H and O–H groups in total. The van der Waals surface area contributed by atoms with Gasteiger partial charge in [0.1, 0.15) is 4.90 Å². The SMILES string of the molecule is Cc1cc(Cl)c(S(=O)(=O)N2Cc3ccccc3C2)cc1N. The summed E-state index contributed by atoms with van der Waals surface area (Å²) in [4.78, 5) is 0.0695. The predicted molar refractivity (Wildman–Crippen MR) is 83.5 cm³/mol. The van der Waals surface area contributed by atoms with Crippen LogP contribution in [0.5, 0.6) is 0 Å². The lowest BCUT2D eigenvalue weighted by molar-refractivity contribution is 0.431. The average Bonchev–Trinajstić information content (AvgIpc) is 2.87. The highest BCUT2D eigenvalue weighted by Crippen LogP contribution is 2.33. The first-order valence-electron chi connectivity index (χ1n) is 6.52. The summed E-state index contributed by atoms with van der Waals surface area (Å²) in [5.41, 5.74) is 9.07. The Kier molecular flexibility index (Phi) is 3.43. The van der Waals surface area contributed by atoms with Crippen molar-refractivity contribution in [3.8, 4) is 0 Å². The normalized spacial score (nSPS) is 15.1. The second kappa shape index (κ2) is 5.02. The van der Waals surface area contributed by atoms with E-state index >= 15 is 0 Å². The van der Waals surface area contributed by atoms with Crippen LogP contribution in [0.15, 0.2) is 41.3 Å². The molecular formula is C15H15ClN2O2S. The fourth-order valence-corrected chi connectivity index (χ4v) is 4.47. The van der Waals surface area contributed by atoms with Crippen LogP contribution >= 0.6 is 11.6 Å². The molecule has 0 aromatic heterocycles. The smallest absolute Gasteiger partial charge is 0.245 e. The number of nitrogens with two attached hydrogens (primary N) is 1. The summed E-state index contributed by atoms with van der Waals surface area (Å²) >= 11 is 6.11. The number of sulfonamides is 1. The minimum Gasteiger partial charge on any atom is -0.398 e. The molecular weight excluding hydrogens is 308 g/mol. The van der Waals surface area contributed by atoms with Gasteiger partial charge < -0.3 is 5.73 Å². The molecule has 0 atom stereocenters. The van der Waals surface area contributed by atoms with Gasteiger partial charge in [-0.2, -0.15) is 4.31 Å². The maximum atomic E-state index is 12.8. The minimum absolute atomic E-state index is 0.0695. The van der Waals surface area contributed by atoms with Crippen molar-refractivity contribution in [2.45, 2.75) is 24.9 Å². The molecule has 0 fully saturated rings. The maximum Gasteiger partial charge on any atom is 0.245 e. The van der Waals surface area contributed by atoms with Crippen LogP contribution in [-0.4, -0.2) is 12.7 Å². The molecule has 0 saturated carbocycles. The summed E-state index contributed by atoms with van der Waals surface area (Å²) in [6.07, 6.45) is 0. The topological polar surface area (TPSA) is 63.4 Å². The van der Waals surface area contributed by atoms with E-state index in [1.54, 1.807) is 13.0 Å². The quantitative estimate of drug-likeness (QED) is 0.865. The zero-order valence-electron chi connectivity index (χ0n) is 11.5. The first kappa shape index (κ1) is 14.4. The lowest BCUT2D eigenvalue weighted by Gasteiger charge is -2.17. The molecule has 6 heteroatoms. The highest BCUT2D eigenvalue weighted by atomic mass is 35.5. The fraction of sp³-hybridized carbons (Fsp3) is 0.200. The Labute approximate surface area is 129 Å². The van der Waals surface area contributed by atoms with E-state index in [0.29, 0.717) is 18.8 Å². The highest BCUT2D eigenvalue weighted by molar-refractivity contribution is 7.89. The summed E-state index contributed by atoms with van der Waals surface area (Å²) < 4.78 is 27.0. The van der Waals surface area contributed by atoms with Gasteiger partial charge in [-0.05, 0) is 35.7 Å². The molecule has 1 aliphatic rings. The number of nitrogen functional groups attached to an aromatic ring is 1. The van der Waals surface area contributed by atoms with Crippen molar-refractivity contribution in [2.24, 2.45) is 0 Å². The first-order chi connectivity index (χ1) is 9.89. The highest BCUT2D eigenvalue weighted by Gasteiger charge is 2.32. The predicted octanol–water partition coefficient (Wildman–Crippen LogP) is 2.94. The zero-order chi connectivity index (χ0) is 15.2. The number of hydrogen-bond acceptors (Lipinski definition) is 3. The Balaban J connectivity index is 2.02. The lowest BCUT2D eigenvalue weighted by atomic mass is 10.1. The third-order valence-electron chi connectivity index (χ3n) is 3.75. The van der Waals surface area contributed by atoms with Crippen molar-refractivity contribution in [3.05, 3.63) is 58.1 Å². The minimum atomic E-state index is -3.65. The van der Waals surface area contributed by atoms with Crippen LogP contribution in [-0.2, 0) is 23.1 Å². The summed E-state index contributed by atoms with van der Waals surface area (Å²) in [6.45, 7) is 2.52.